The third kappa shape index (κ3) is 8.21. The number of hydrogen-bond acceptors (Lipinski definition) is 1. The van der Waals surface area contributed by atoms with Crippen LogP contribution in [0.3, 0.4) is 0 Å². The maximum absolute atomic E-state index is 5.44. The first kappa shape index (κ1) is 9.21. The monoisotopic (exact) mass is 164 g/mol. The fraction of sp³-hybridized carbons (Fsp3) is 0.667. The first-order valence-electron chi connectivity index (χ1n) is 2.95. The molecule has 0 radical (unpaired) electrons. The molecule has 0 unspecified atom stereocenters. The standard InChI is InChI=1S/C6H13ClOSi/c1-9(2,3)8-6-4-5-7/h4-5H,6H2,1-3H3/b5-4+. The van der Waals surface area contributed by atoms with Gasteiger partial charge in [0, 0.05) is 5.54 Å². The van der Waals surface area contributed by atoms with Gasteiger partial charge in [0.2, 0.25) is 0 Å². The van der Waals surface area contributed by atoms with Crippen molar-refractivity contribution < 1.29 is 4.43 Å². The molecule has 0 fully saturated rings. The van der Waals surface area contributed by atoms with E-state index in [1.807, 2.05) is 0 Å². The van der Waals surface area contributed by atoms with E-state index in [1.165, 1.54) is 5.54 Å². The Hall–Kier alpha value is 0.207. The van der Waals surface area contributed by atoms with E-state index in [0.29, 0.717) is 6.61 Å². The molecular weight excluding hydrogens is 152 g/mol. The lowest BCUT2D eigenvalue weighted by Crippen LogP contribution is -2.25. The molecule has 0 atom stereocenters. The normalized spacial score (nSPS) is 12.9. The molecule has 1 nitrogen and oxygen atoms in total. The zero-order chi connectivity index (χ0) is 7.33. The molecule has 0 aliphatic rings. The zero-order valence-electron chi connectivity index (χ0n) is 6.15. The molecule has 0 aromatic heterocycles. The molecule has 54 valence electrons. The van der Waals surface area contributed by atoms with E-state index in [2.05, 4.69) is 19.6 Å². The van der Waals surface area contributed by atoms with E-state index in [0.717, 1.165) is 0 Å². The van der Waals surface area contributed by atoms with E-state index in [-0.39, 0.29) is 0 Å². The van der Waals surface area contributed by atoms with Gasteiger partial charge >= 0.3 is 0 Å². The van der Waals surface area contributed by atoms with Gasteiger partial charge in [0.1, 0.15) is 0 Å². The molecule has 3 heteroatoms. The van der Waals surface area contributed by atoms with Gasteiger partial charge in [0.25, 0.3) is 0 Å². The Labute approximate surface area is 62.8 Å². The SMILES string of the molecule is C[Si](C)(C)OC/C=C/Cl. The van der Waals surface area contributed by atoms with E-state index in [1.54, 1.807) is 6.08 Å². The van der Waals surface area contributed by atoms with Crippen molar-refractivity contribution in [2.24, 2.45) is 0 Å². The van der Waals surface area contributed by atoms with Crippen molar-refractivity contribution in [3.63, 3.8) is 0 Å². The Bertz CT molecular complexity index is 95.7. The molecule has 0 aliphatic heterocycles. The number of halogens is 1. The molecule has 0 bridgehead atoms. The molecule has 0 aliphatic carbocycles. The van der Waals surface area contributed by atoms with Crippen LogP contribution in [0.2, 0.25) is 19.6 Å². The van der Waals surface area contributed by atoms with Gasteiger partial charge in [-0.1, -0.05) is 11.6 Å². The smallest absolute Gasteiger partial charge is 0.184 e. The van der Waals surface area contributed by atoms with E-state index in [4.69, 9.17) is 16.0 Å². The third-order valence-corrected chi connectivity index (χ3v) is 1.91. The molecule has 0 aromatic rings. The highest BCUT2D eigenvalue weighted by atomic mass is 35.5. The quantitative estimate of drug-likeness (QED) is 0.583. The largest absolute Gasteiger partial charge is 0.414 e. The molecule has 0 saturated carbocycles. The molecule has 9 heavy (non-hydrogen) atoms. The topological polar surface area (TPSA) is 9.23 Å². The van der Waals surface area contributed by atoms with E-state index < -0.39 is 8.32 Å². The fourth-order valence-electron chi connectivity index (χ4n) is 0.334. The van der Waals surface area contributed by atoms with Crippen LogP contribution < -0.4 is 0 Å². The molecule has 0 amide bonds. The lowest BCUT2D eigenvalue weighted by atomic mass is 10.7. The molecule has 0 N–H and O–H groups in total. The van der Waals surface area contributed by atoms with Gasteiger partial charge in [0.15, 0.2) is 8.32 Å². The van der Waals surface area contributed by atoms with Crippen molar-refractivity contribution in [1.82, 2.24) is 0 Å². The summed E-state index contributed by atoms with van der Waals surface area (Å²) in [4.78, 5) is 0. The Morgan fingerprint density at radius 1 is 1.44 bits per heavy atom. The summed E-state index contributed by atoms with van der Waals surface area (Å²) in [7, 11) is -1.30. The van der Waals surface area contributed by atoms with E-state index >= 15 is 0 Å². The molecule has 0 heterocycles. The van der Waals surface area contributed by atoms with Crippen molar-refractivity contribution in [2.45, 2.75) is 19.6 Å². The van der Waals surface area contributed by atoms with Gasteiger partial charge in [-0.15, -0.1) is 0 Å². The highest BCUT2D eigenvalue weighted by molar-refractivity contribution is 6.69. The first-order valence-corrected chi connectivity index (χ1v) is 6.80. The Morgan fingerprint density at radius 3 is 2.33 bits per heavy atom. The molecular formula is C6H13ClOSi. The second kappa shape index (κ2) is 4.09. The lowest BCUT2D eigenvalue weighted by molar-refractivity contribution is 0.357. The van der Waals surface area contributed by atoms with Crippen LogP contribution in [-0.2, 0) is 4.43 Å². The predicted molar refractivity (Wildman–Crippen MR) is 44.3 cm³/mol. The van der Waals surface area contributed by atoms with Crippen molar-refractivity contribution >= 4 is 19.9 Å². The van der Waals surface area contributed by atoms with Gasteiger partial charge in [-0.25, -0.2) is 0 Å². The summed E-state index contributed by atoms with van der Waals surface area (Å²) >= 11 is 5.29. The third-order valence-electron chi connectivity index (χ3n) is 0.702. The summed E-state index contributed by atoms with van der Waals surface area (Å²) in [5, 5.41) is 0. The lowest BCUT2D eigenvalue weighted by Gasteiger charge is -2.14. The average Bonchev–Trinajstić information content (AvgIpc) is 1.63. The van der Waals surface area contributed by atoms with Crippen molar-refractivity contribution in [1.29, 1.82) is 0 Å². The van der Waals surface area contributed by atoms with Gasteiger partial charge in [-0.3, -0.25) is 0 Å². The maximum Gasteiger partial charge on any atom is 0.184 e. The minimum atomic E-state index is -1.30. The second-order valence-corrected chi connectivity index (χ2v) is 7.55. The van der Waals surface area contributed by atoms with Gasteiger partial charge < -0.3 is 4.43 Å². The van der Waals surface area contributed by atoms with E-state index in [9.17, 15) is 0 Å². The summed E-state index contributed by atoms with van der Waals surface area (Å²) in [6, 6.07) is 0. The summed E-state index contributed by atoms with van der Waals surface area (Å²) in [6.45, 7) is 7.10. The van der Waals surface area contributed by atoms with Crippen LogP contribution in [-0.4, -0.2) is 14.9 Å². The fourth-order valence-corrected chi connectivity index (χ4v) is 1.00. The van der Waals surface area contributed by atoms with Gasteiger partial charge in [-0.05, 0) is 25.7 Å². The summed E-state index contributed by atoms with van der Waals surface area (Å²) in [5.41, 5.74) is 1.49. The Morgan fingerprint density at radius 2 is 2.00 bits per heavy atom. The molecule has 0 rings (SSSR count). The summed E-state index contributed by atoms with van der Waals surface area (Å²) in [6.07, 6.45) is 1.81. The predicted octanol–water partition coefficient (Wildman–Crippen LogP) is 2.59. The Kier molecular flexibility index (Phi) is 4.19. The van der Waals surface area contributed by atoms with Crippen LogP contribution in [0, 0.1) is 0 Å². The summed E-state index contributed by atoms with van der Waals surface area (Å²) in [5.74, 6) is 0. The highest BCUT2D eigenvalue weighted by Gasteiger charge is 2.11. The molecule has 0 aromatic carbocycles. The van der Waals surface area contributed by atoms with Crippen LogP contribution in [0.5, 0.6) is 0 Å². The van der Waals surface area contributed by atoms with Crippen LogP contribution in [0.25, 0.3) is 0 Å². The first-order chi connectivity index (χ1) is 4.06. The van der Waals surface area contributed by atoms with Crippen molar-refractivity contribution in [3.05, 3.63) is 11.6 Å². The van der Waals surface area contributed by atoms with Gasteiger partial charge in [-0.2, -0.15) is 0 Å². The average molecular weight is 165 g/mol. The van der Waals surface area contributed by atoms with Crippen LogP contribution in [0.4, 0.5) is 0 Å². The highest BCUT2D eigenvalue weighted by Crippen LogP contribution is 2.01. The molecule has 0 spiro atoms. The number of hydrogen-bond donors (Lipinski definition) is 0. The van der Waals surface area contributed by atoms with Crippen LogP contribution >= 0.6 is 11.6 Å². The Balaban J connectivity index is 3.28. The molecule has 0 saturated heterocycles. The minimum absolute atomic E-state index is 0.652. The van der Waals surface area contributed by atoms with Crippen LogP contribution in [0.1, 0.15) is 0 Å². The maximum atomic E-state index is 5.44. The van der Waals surface area contributed by atoms with Crippen molar-refractivity contribution in [3.8, 4) is 0 Å². The zero-order valence-corrected chi connectivity index (χ0v) is 7.90. The van der Waals surface area contributed by atoms with Crippen LogP contribution in [0.15, 0.2) is 11.6 Å². The second-order valence-electron chi connectivity index (χ2n) is 2.79. The summed E-state index contributed by atoms with van der Waals surface area (Å²) < 4.78 is 5.44. The minimum Gasteiger partial charge on any atom is -0.414 e. The van der Waals surface area contributed by atoms with Gasteiger partial charge in [0.05, 0.1) is 6.61 Å². The van der Waals surface area contributed by atoms with Crippen molar-refractivity contribution in [2.75, 3.05) is 6.61 Å². The number of rotatable bonds is 3.